The van der Waals surface area contributed by atoms with Gasteiger partial charge in [-0.1, -0.05) is 20.8 Å². The molecule has 1 aromatic rings. The van der Waals surface area contributed by atoms with Crippen LogP contribution in [0.25, 0.3) is 0 Å². The first kappa shape index (κ1) is 25.4. The summed E-state index contributed by atoms with van der Waals surface area (Å²) in [6.07, 6.45) is -0.632. The van der Waals surface area contributed by atoms with Gasteiger partial charge in [-0.3, -0.25) is 9.09 Å². The van der Waals surface area contributed by atoms with Gasteiger partial charge in [0, 0.05) is 18.9 Å². The highest BCUT2D eigenvalue weighted by molar-refractivity contribution is 8.07. The van der Waals surface area contributed by atoms with Crippen LogP contribution in [0.2, 0.25) is 0 Å². The van der Waals surface area contributed by atoms with Gasteiger partial charge in [-0.2, -0.15) is 4.98 Å². The summed E-state index contributed by atoms with van der Waals surface area (Å²) in [5.74, 6) is 0.159. The molecule has 0 bridgehead atoms. The Bertz CT molecular complexity index is 863. The third-order valence-corrected chi connectivity index (χ3v) is 6.23. The van der Waals surface area contributed by atoms with E-state index in [9.17, 15) is 9.69 Å². The van der Waals surface area contributed by atoms with Crippen LogP contribution in [0.15, 0.2) is 11.0 Å². The van der Waals surface area contributed by atoms with Gasteiger partial charge < -0.3 is 24.6 Å². The predicted octanol–water partition coefficient (Wildman–Crippen LogP) is 2.90. The number of nitrogens with two attached hydrogens (primary N) is 1. The second-order valence-corrected chi connectivity index (χ2v) is 12.5. The van der Waals surface area contributed by atoms with Crippen molar-refractivity contribution in [3.05, 3.63) is 22.2 Å². The van der Waals surface area contributed by atoms with E-state index in [0.29, 0.717) is 12.0 Å². The highest BCUT2D eigenvalue weighted by atomic mass is 32.5. The molecule has 0 aromatic carbocycles. The fourth-order valence-electron chi connectivity index (χ4n) is 3.36. The van der Waals surface area contributed by atoms with Crippen molar-refractivity contribution in [3.63, 3.8) is 0 Å². The van der Waals surface area contributed by atoms with E-state index < -0.39 is 42.5 Å². The second kappa shape index (κ2) is 8.94. The van der Waals surface area contributed by atoms with Crippen molar-refractivity contribution in [1.29, 1.82) is 0 Å². The maximum absolute atomic E-state index is 12.5. The van der Waals surface area contributed by atoms with Crippen LogP contribution < -0.4 is 11.4 Å². The number of aryl methyl sites for hydroxylation is 1. The summed E-state index contributed by atoms with van der Waals surface area (Å²) in [5, 5.41) is 0. The normalized spacial score (nSPS) is 27.2. The molecule has 0 spiro atoms. The van der Waals surface area contributed by atoms with Crippen molar-refractivity contribution < 1.29 is 23.4 Å². The Balaban J connectivity index is 2.45. The van der Waals surface area contributed by atoms with Gasteiger partial charge in [0.15, 0.2) is 6.23 Å². The van der Waals surface area contributed by atoms with E-state index in [2.05, 4.69) is 25.8 Å². The number of rotatable bonds is 6. The molecular formula is C19H34N3O6PS. The van der Waals surface area contributed by atoms with E-state index in [1.165, 1.54) is 11.7 Å². The summed E-state index contributed by atoms with van der Waals surface area (Å²) < 4.78 is 24.8. The lowest BCUT2D eigenvalue weighted by atomic mass is 9.87. The minimum Gasteiger partial charge on any atom is -0.383 e. The molecule has 1 aliphatic rings. The number of aromatic nitrogens is 2. The average molecular weight is 464 g/mol. The zero-order valence-corrected chi connectivity index (χ0v) is 20.6. The number of nitrogens with zero attached hydrogens (tertiary/aromatic N) is 2. The molecule has 30 heavy (non-hydrogen) atoms. The number of hydrogen-bond acceptors (Lipinski definition) is 8. The summed E-state index contributed by atoms with van der Waals surface area (Å²) in [6, 6.07) is 0. The quantitative estimate of drug-likeness (QED) is 0.614. The molecule has 2 rings (SSSR count). The SMILES string of the molecule is COC1C(OP(O)(=S)OC(C)(C)C)[C@@H](CC(C)(C)C)O[C@H]1n1cc(C)c(N)nc1=O. The van der Waals surface area contributed by atoms with Gasteiger partial charge in [0.25, 0.3) is 0 Å². The minimum absolute atomic E-state index is 0.122. The molecule has 3 unspecified atom stereocenters. The van der Waals surface area contributed by atoms with Gasteiger partial charge in [-0.05, 0) is 51.3 Å². The molecule has 9 nitrogen and oxygen atoms in total. The molecule has 2 heterocycles. The summed E-state index contributed by atoms with van der Waals surface area (Å²) in [7, 11) is 1.49. The van der Waals surface area contributed by atoms with E-state index in [1.54, 1.807) is 33.9 Å². The molecule has 0 saturated carbocycles. The molecule has 11 heteroatoms. The molecule has 0 amide bonds. The van der Waals surface area contributed by atoms with Gasteiger partial charge in [0.2, 0.25) is 0 Å². The van der Waals surface area contributed by atoms with E-state index in [4.69, 9.17) is 36.1 Å². The maximum Gasteiger partial charge on any atom is 0.351 e. The Hall–Kier alpha value is -0.870. The van der Waals surface area contributed by atoms with Crippen molar-refractivity contribution >= 4 is 24.3 Å². The Morgan fingerprint density at radius 1 is 1.30 bits per heavy atom. The summed E-state index contributed by atoms with van der Waals surface area (Å²) in [4.78, 5) is 27.1. The topological polar surface area (TPSA) is 118 Å². The number of nitrogen functional groups attached to an aromatic ring is 1. The van der Waals surface area contributed by atoms with Gasteiger partial charge in [0.1, 0.15) is 18.0 Å². The summed E-state index contributed by atoms with van der Waals surface area (Å²) in [6.45, 7) is 9.66. The molecule has 1 saturated heterocycles. The fraction of sp³-hybridized carbons (Fsp3) is 0.789. The summed E-state index contributed by atoms with van der Waals surface area (Å²) >= 11 is 5.26. The molecular weight excluding hydrogens is 429 g/mol. The van der Waals surface area contributed by atoms with Crippen LogP contribution in [-0.4, -0.2) is 45.5 Å². The van der Waals surface area contributed by atoms with Crippen LogP contribution in [0.5, 0.6) is 0 Å². The molecule has 1 aromatic heterocycles. The van der Waals surface area contributed by atoms with Crippen LogP contribution in [0, 0.1) is 12.3 Å². The predicted molar refractivity (Wildman–Crippen MR) is 119 cm³/mol. The van der Waals surface area contributed by atoms with Crippen molar-refractivity contribution in [3.8, 4) is 0 Å². The van der Waals surface area contributed by atoms with Crippen LogP contribution in [-0.2, 0) is 30.3 Å². The molecule has 0 aliphatic carbocycles. The third kappa shape index (κ3) is 6.56. The fourth-order valence-corrected chi connectivity index (χ4v) is 5.63. The monoisotopic (exact) mass is 463 g/mol. The van der Waals surface area contributed by atoms with Gasteiger partial charge in [-0.25, -0.2) is 4.79 Å². The Kier molecular flexibility index (Phi) is 7.56. The third-order valence-electron chi connectivity index (χ3n) is 4.46. The number of ether oxygens (including phenoxy) is 2. The lowest BCUT2D eigenvalue weighted by Crippen LogP contribution is -2.39. The van der Waals surface area contributed by atoms with Crippen LogP contribution in [0.4, 0.5) is 5.82 Å². The smallest absolute Gasteiger partial charge is 0.351 e. The largest absolute Gasteiger partial charge is 0.383 e. The first-order chi connectivity index (χ1) is 13.5. The van der Waals surface area contributed by atoms with Gasteiger partial charge >= 0.3 is 12.4 Å². The minimum atomic E-state index is -3.61. The zero-order chi connectivity index (χ0) is 23.1. The Labute approximate surface area is 183 Å². The molecule has 5 atom stereocenters. The van der Waals surface area contributed by atoms with E-state index in [-0.39, 0.29) is 11.2 Å². The Morgan fingerprint density at radius 2 is 1.90 bits per heavy atom. The Morgan fingerprint density at radius 3 is 2.40 bits per heavy atom. The number of anilines is 1. The van der Waals surface area contributed by atoms with E-state index >= 15 is 0 Å². The molecule has 0 radical (unpaired) electrons. The molecule has 172 valence electrons. The van der Waals surface area contributed by atoms with E-state index in [0.717, 1.165) is 0 Å². The molecule has 3 N–H and O–H groups in total. The highest BCUT2D eigenvalue weighted by Gasteiger charge is 2.50. The standard InChI is InChI=1S/C19H34N3O6PS/c1-11-10-22(17(23)21-15(11)20)16-14(25-8)13(12(26-16)9-18(2,3)4)27-29(24,30)28-19(5,6)7/h10,12-14,16H,9H2,1-8H3,(H,24,30)(H2,20,21,23)/t12-,13?,14?,16-,29?/m1/s1. The first-order valence-electron chi connectivity index (χ1n) is 9.78. The molecule has 1 fully saturated rings. The average Bonchev–Trinajstić information content (AvgIpc) is 2.83. The lowest BCUT2D eigenvalue weighted by Gasteiger charge is -2.32. The van der Waals surface area contributed by atoms with Gasteiger partial charge in [0.05, 0.1) is 11.7 Å². The maximum atomic E-state index is 12.5. The lowest BCUT2D eigenvalue weighted by molar-refractivity contribution is -0.0593. The van der Waals surface area contributed by atoms with Crippen molar-refractivity contribution in [2.45, 2.75) is 85.0 Å². The van der Waals surface area contributed by atoms with Crippen LogP contribution >= 0.6 is 6.72 Å². The van der Waals surface area contributed by atoms with Gasteiger partial charge in [-0.15, -0.1) is 0 Å². The van der Waals surface area contributed by atoms with Crippen molar-refractivity contribution in [2.24, 2.45) is 5.41 Å². The van der Waals surface area contributed by atoms with E-state index in [1.807, 2.05) is 0 Å². The molecule has 1 aliphatic heterocycles. The van der Waals surface area contributed by atoms with Crippen LogP contribution in [0.3, 0.4) is 0 Å². The number of hydrogen-bond donors (Lipinski definition) is 2. The summed E-state index contributed by atoms with van der Waals surface area (Å²) in [5.41, 5.74) is 5.01. The van der Waals surface area contributed by atoms with Crippen molar-refractivity contribution in [2.75, 3.05) is 12.8 Å². The number of methoxy groups -OCH3 is 1. The zero-order valence-electron chi connectivity index (χ0n) is 18.9. The first-order valence-corrected chi connectivity index (χ1v) is 12.4. The highest BCUT2D eigenvalue weighted by Crippen LogP contribution is 2.52. The second-order valence-electron chi connectivity index (χ2n) is 9.77. The van der Waals surface area contributed by atoms with Crippen molar-refractivity contribution in [1.82, 2.24) is 9.55 Å². The van der Waals surface area contributed by atoms with Crippen LogP contribution in [0.1, 0.15) is 59.8 Å².